The number of carboxylic acid groups (broad SMARTS) is 2. The van der Waals surface area contributed by atoms with Crippen LogP contribution < -0.4 is 18.9 Å². The first-order valence-electron chi connectivity index (χ1n) is 17.5. The molecule has 4 aromatic rings. The summed E-state index contributed by atoms with van der Waals surface area (Å²) in [5, 5.41) is 22.4. The molecule has 0 saturated carbocycles. The molecule has 0 saturated heterocycles. The van der Waals surface area contributed by atoms with Crippen LogP contribution in [0.4, 0.5) is 14.4 Å². The van der Waals surface area contributed by atoms with Gasteiger partial charge >= 0.3 is 18.3 Å². The van der Waals surface area contributed by atoms with Gasteiger partial charge in [-0.3, -0.25) is 4.79 Å². The molecule has 2 N–H and O–H groups in total. The van der Waals surface area contributed by atoms with Crippen LogP contribution in [0.25, 0.3) is 0 Å². The van der Waals surface area contributed by atoms with Gasteiger partial charge in [-0.2, -0.15) is 5.10 Å². The van der Waals surface area contributed by atoms with E-state index in [1.165, 1.54) is 59.3 Å². The predicted octanol–water partition coefficient (Wildman–Crippen LogP) is 8.07. The number of methoxy groups -OCH3 is 2. The molecule has 4 rings (SSSR count). The van der Waals surface area contributed by atoms with E-state index in [0.29, 0.717) is 32.8 Å². The molecule has 0 aliphatic rings. The Kier molecular flexibility index (Phi) is 15.6. The maximum atomic E-state index is 14.5. The van der Waals surface area contributed by atoms with Crippen molar-refractivity contribution in [2.75, 3.05) is 26.5 Å². The number of halogens is 1. The van der Waals surface area contributed by atoms with Crippen molar-refractivity contribution in [3.05, 3.63) is 112 Å². The van der Waals surface area contributed by atoms with Crippen molar-refractivity contribution >= 4 is 61.2 Å². The highest BCUT2D eigenvalue weighted by molar-refractivity contribution is 8.72. The molecule has 19 heteroatoms. The summed E-state index contributed by atoms with van der Waals surface area (Å²) in [4.78, 5) is 52.8. The van der Waals surface area contributed by atoms with Crippen LogP contribution in [-0.2, 0) is 31.6 Å². The molecule has 0 unspecified atom stereocenters. The number of hydrogen-bond acceptors (Lipinski definition) is 13. The minimum absolute atomic E-state index is 0.000165. The van der Waals surface area contributed by atoms with E-state index in [4.69, 9.17) is 35.3 Å². The predicted molar refractivity (Wildman–Crippen MR) is 219 cm³/mol. The fraction of sp³-hybridized carbons (Fsp3) is 0.275. The van der Waals surface area contributed by atoms with Gasteiger partial charge in [-0.1, -0.05) is 58.6 Å². The first kappa shape index (κ1) is 45.7. The topological polar surface area (TPSA) is 208 Å². The fourth-order valence-electron chi connectivity index (χ4n) is 4.94. The smallest absolute Gasteiger partial charge is 0.438 e. The van der Waals surface area contributed by atoms with E-state index in [9.17, 15) is 37.8 Å². The van der Waals surface area contributed by atoms with E-state index in [2.05, 4.69) is 5.10 Å². The average molecular weight is 872 g/mol. The Balaban J connectivity index is 1.82. The molecule has 0 fully saturated rings. The highest BCUT2D eigenvalue weighted by Crippen LogP contribution is 2.40. The van der Waals surface area contributed by atoms with Crippen molar-refractivity contribution in [1.82, 2.24) is 9.91 Å². The molecule has 0 radical (unpaired) electrons. The Bertz CT molecular complexity index is 2270. The summed E-state index contributed by atoms with van der Waals surface area (Å²) in [6.45, 7) is 5.61. The van der Waals surface area contributed by atoms with Crippen LogP contribution in [0.3, 0.4) is 0 Å². The first-order valence-corrected chi connectivity index (χ1v) is 20.9. The van der Waals surface area contributed by atoms with E-state index < -0.39 is 61.7 Å². The number of rotatable bonds is 16. The SMILES string of the molecule is COc1ccc(COc2ccc(/C(=N/N(C(=O)O)C(=O)O)C(=O)N(CCSS(=O)(=O)c3ccc(C)cc3)C(=O)OC(C)(C)C)c(Cl)c2OCc2ccc(OC)cc2)cc1. The molecule has 0 spiro atoms. The molecule has 4 aromatic carbocycles. The molecule has 0 aliphatic heterocycles. The second-order valence-electron chi connectivity index (χ2n) is 13.4. The Hall–Kier alpha value is -5.98. The van der Waals surface area contributed by atoms with Crippen molar-refractivity contribution < 1.29 is 61.5 Å². The number of aryl methyl sites for hydroxylation is 1. The highest BCUT2D eigenvalue weighted by Gasteiger charge is 2.35. The molecule has 0 atom stereocenters. The van der Waals surface area contributed by atoms with Crippen LogP contribution in [0.5, 0.6) is 23.0 Å². The van der Waals surface area contributed by atoms with Crippen LogP contribution in [0.15, 0.2) is 94.9 Å². The number of imide groups is 2. The number of ether oxygens (including phenoxy) is 5. The largest absolute Gasteiger partial charge is 0.497 e. The third-order valence-corrected chi connectivity index (χ3v) is 11.8. The molecule has 59 heavy (non-hydrogen) atoms. The third kappa shape index (κ3) is 12.8. The minimum atomic E-state index is -3.98. The van der Waals surface area contributed by atoms with Crippen molar-refractivity contribution in [2.45, 2.75) is 51.4 Å². The molecule has 0 aromatic heterocycles. The van der Waals surface area contributed by atoms with E-state index >= 15 is 0 Å². The average Bonchev–Trinajstić information content (AvgIpc) is 3.18. The minimum Gasteiger partial charge on any atom is -0.497 e. The van der Waals surface area contributed by atoms with Crippen molar-refractivity contribution in [3.8, 4) is 23.0 Å². The molecule has 0 bridgehead atoms. The lowest BCUT2D eigenvalue weighted by Gasteiger charge is -2.27. The first-order chi connectivity index (χ1) is 27.8. The Morgan fingerprint density at radius 1 is 0.780 bits per heavy atom. The highest BCUT2D eigenvalue weighted by atomic mass is 35.5. The Morgan fingerprint density at radius 2 is 1.31 bits per heavy atom. The normalized spacial score (nSPS) is 11.6. The maximum Gasteiger partial charge on any atom is 0.438 e. The Morgan fingerprint density at radius 3 is 1.80 bits per heavy atom. The van der Waals surface area contributed by atoms with Crippen LogP contribution in [-0.4, -0.2) is 90.6 Å². The lowest BCUT2D eigenvalue weighted by atomic mass is 10.1. The fourth-order valence-corrected chi connectivity index (χ4v) is 7.95. The summed E-state index contributed by atoms with van der Waals surface area (Å²) >= 11 is 6.96. The van der Waals surface area contributed by atoms with Crippen LogP contribution in [0.2, 0.25) is 5.02 Å². The molecule has 0 heterocycles. The van der Waals surface area contributed by atoms with Crippen LogP contribution >= 0.6 is 22.4 Å². The van der Waals surface area contributed by atoms with Gasteiger partial charge in [0.2, 0.25) is 8.87 Å². The number of amides is 4. The lowest BCUT2D eigenvalue weighted by molar-refractivity contribution is -0.123. The number of hydrogen-bond donors (Lipinski definition) is 2. The lowest BCUT2D eigenvalue weighted by Crippen LogP contribution is -2.46. The third-order valence-electron chi connectivity index (χ3n) is 7.90. The maximum absolute atomic E-state index is 14.5. The van der Waals surface area contributed by atoms with Gasteiger partial charge < -0.3 is 33.9 Å². The van der Waals surface area contributed by atoms with Gasteiger partial charge in [0, 0.05) is 17.9 Å². The summed E-state index contributed by atoms with van der Waals surface area (Å²) in [6, 6.07) is 22.4. The van der Waals surface area contributed by atoms with Gasteiger partial charge in [0.1, 0.15) is 30.3 Å². The number of carbonyl (C=O) groups excluding carboxylic acids is 2. The summed E-state index contributed by atoms with van der Waals surface area (Å²) in [5.41, 5.74) is -0.310. The molecule has 0 aliphatic carbocycles. The van der Waals surface area contributed by atoms with Gasteiger partial charge in [-0.15, -0.1) is 0 Å². The van der Waals surface area contributed by atoms with E-state index in [-0.39, 0.29) is 40.2 Å². The number of nitrogens with zero attached hydrogens (tertiary/aromatic N) is 3. The summed E-state index contributed by atoms with van der Waals surface area (Å²) in [6.07, 6.45) is -5.47. The van der Waals surface area contributed by atoms with Gasteiger partial charge in [-0.05, 0) is 98.1 Å². The quantitative estimate of drug-likeness (QED) is 0.0620. The van der Waals surface area contributed by atoms with Crippen LogP contribution in [0, 0.1) is 6.92 Å². The Labute approximate surface area is 349 Å². The molecular weight excluding hydrogens is 830 g/mol. The molecule has 16 nitrogen and oxygen atoms in total. The van der Waals surface area contributed by atoms with E-state index in [1.54, 1.807) is 67.6 Å². The number of benzene rings is 4. The van der Waals surface area contributed by atoms with E-state index in [0.717, 1.165) is 11.1 Å². The van der Waals surface area contributed by atoms with Crippen molar-refractivity contribution in [2.24, 2.45) is 5.10 Å². The van der Waals surface area contributed by atoms with Gasteiger partial charge in [-0.25, -0.2) is 27.7 Å². The summed E-state index contributed by atoms with van der Waals surface area (Å²) < 4.78 is 54.4. The summed E-state index contributed by atoms with van der Waals surface area (Å²) in [7, 11) is -0.524. The second kappa shape index (κ2) is 20.1. The zero-order valence-electron chi connectivity index (χ0n) is 32.8. The number of hydrazone groups is 1. The van der Waals surface area contributed by atoms with E-state index in [1.807, 2.05) is 0 Å². The van der Waals surface area contributed by atoms with Crippen molar-refractivity contribution in [1.29, 1.82) is 0 Å². The zero-order valence-corrected chi connectivity index (χ0v) is 35.2. The zero-order chi connectivity index (χ0) is 43.5. The monoisotopic (exact) mass is 871 g/mol. The van der Waals surface area contributed by atoms with Crippen LogP contribution in [0.1, 0.15) is 43.0 Å². The standard InChI is InChI=1S/C40H42ClN3O13S2/c1-25-7-17-30(18-8-25)59(51,52)58-22-21-43(39(50)57-40(2,3)4)36(45)34(42-44(37(46)47)38(48)49)31-19-20-32(55-23-26-9-13-28(53-5)14-10-26)35(33(31)41)56-24-27-11-15-29(54-6)16-12-27/h7-20H,21-24H2,1-6H3,(H,46,47)(H,48,49)/b42-34-. The molecule has 4 amide bonds. The molecular formula is C40H42ClN3O13S2. The number of carbonyl (C=O) groups is 4. The van der Waals surface area contributed by atoms with Gasteiger partial charge in [0.25, 0.3) is 5.91 Å². The molecule has 314 valence electrons. The van der Waals surface area contributed by atoms with Gasteiger partial charge in [0.05, 0.1) is 24.1 Å². The van der Waals surface area contributed by atoms with Crippen molar-refractivity contribution in [3.63, 3.8) is 0 Å². The second-order valence-corrected chi connectivity index (χ2v) is 17.8. The summed E-state index contributed by atoms with van der Waals surface area (Å²) in [5.74, 6) is -0.670. The van der Waals surface area contributed by atoms with Gasteiger partial charge in [0.15, 0.2) is 17.2 Å².